The molecule has 0 fully saturated rings. The number of benzene rings is 3. The predicted octanol–water partition coefficient (Wildman–Crippen LogP) is 6.74. The molecule has 33 heavy (non-hydrogen) atoms. The van der Waals surface area contributed by atoms with E-state index in [9.17, 15) is 31.1 Å². The predicted molar refractivity (Wildman–Crippen MR) is 104 cm³/mol. The molecule has 1 atom stereocenters. The first kappa shape index (κ1) is 22.8. The van der Waals surface area contributed by atoms with Crippen LogP contribution in [0.3, 0.4) is 0 Å². The van der Waals surface area contributed by atoms with Gasteiger partial charge >= 0.3 is 24.1 Å². The van der Waals surface area contributed by atoms with Crippen molar-refractivity contribution in [3.8, 4) is 0 Å². The fraction of sp³-hybridized carbons (Fsp3) is 0.174. The van der Waals surface area contributed by atoms with E-state index in [1.54, 1.807) is 30.3 Å². The summed E-state index contributed by atoms with van der Waals surface area (Å²) in [6.45, 7) is -0.371. The molecule has 3 aromatic carbocycles. The second-order valence-electron chi connectivity index (χ2n) is 7.28. The molecule has 0 saturated carbocycles. The maximum absolute atomic E-state index is 15.9. The van der Waals surface area contributed by atoms with Gasteiger partial charge in [0.25, 0.3) is 0 Å². The Labute approximate surface area is 183 Å². The van der Waals surface area contributed by atoms with Crippen molar-refractivity contribution in [1.29, 1.82) is 0 Å². The van der Waals surface area contributed by atoms with E-state index < -0.39 is 46.5 Å². The molecule has 1 aliphatic rings. The number of halogens is 7. The molecular formula is C23H14F7NO2. The van der Waals surface area contributed by atoms with Gasteiger partial charge in [-0.15, -0.1) is 0 Å². The first-order valence-corrected chi connectivity index (χ1v) is 9.51. The number of anilines is 2. The molecule has 1 heterocycles. The van der Waals surface area contributed by atoms with Crippen molar-refractivity contribution >= 4 is 17.3 Å². The number of hydrogen-bond donors (Lipinski definition) is 0. The Kier molecular flexibility index (Phi) is 5.44. The van der Waals surface area contributed by atoms with Gasteiger partial charge in [0.2, 0.25) is 0 Å². The van der Waals surface area contributed by atoms with Crippen LogP contribution in [-0.2, 0) is 34.3 Å². The maximum Gasteiger partial charge on any atom is 0.416 e. The molecule has 10 heteroatoms. The van der Waals surface area contributed by atoms with Gasteiger partial charge in [-0.2, -0.15) is 30.7 Å². The van der Waals surface area contributed by atoms with Crippen molar-refractivity contribution in [2.45, 2.75) is 24.8 Å². The number of nitrogens with zero attached hydrogens (tertiary/aromatic N) is 1. The van der Waals surface area contributed by atoms with Crippen LogP contribution in [0, 0.1) is 0 Å². The van der Waals surface area contributed by atoms with Crippen molar-refractivity contribution in [2.24, 2.45) is 0 Å². The lowest BCUT2D eigenvalue weighted by molar-refractivity contribution is -0.178. The van der Waals surface area contributed by atoms with Crippen molar-refractivity contribution in [1.82, 2.24) is 0 Å². The van der Waals surface area contributed by atoms with Crippen LogP contribution in [0.4, 0.5) is 42.1 Å². The summed E-state index contributed by atoms with van der Waals surface area (Å²) in [5, 5.41) is 0. The van der Waals surface area contributed by atoms with E-state index in [2.05, 4.69) is 0 Å². The standard InChI is InChI=1S/C23H14F7NO2/c24-21(33-13-14-4-2-1-3-5-14)18-11-8-16(23(28,29)30)12-19(18)31(20(21)32)17-9-6-15(7-10-17)22(25,26)27/h1-12H,13H2. The maximum atomic E-state index is 15.9. The van der Waals surface area contributed by atoms with Crippen LogP contribution in [0.5, 0.6) is 0 Å². The minimum Gasteiger partial charge on any atom is -0.330 e. The summed E-state index contributed by atoms with van der Waals surface area (Å²) < 4.78 is 99.7. The third-order valence-corrected chi connectivity index (χ3v) is 5.12. The average molecular weight is 469 g/mol. The number of amides is 1. The minimum absolute atomic E-state index is 0.239. The summed E-state index contributed by atoms with van der Waals surface area (Å²) in [6.07, 6.45) is -9.46. The summed E-state index contributed by atoms with van der Waals surface area (Å²) in [5.74, 6) is -4.51. The van der Waals surface area contributed by atoms with Gasteiger partial charge in [0.05, 0.1) is 29.0 Å². The molecule has 1 aliphatic heterocycles. The second kappa shape index (κ2) is 7.87. The van der Waals surface area contributed by atoms with Crippen LogP contribution >= 0.6 is 0 Å². The fourth-order valence-electron chi connectivity index (χ4n) is 3.49. The van der Waals surface area contributed by atoms with Gasteiger partial charge in [-0.1, -0.05) is 36.4 Å². The first-order chi connectivity index (χ1) is 15.4. The Balaban J connectivity index is 1.78. The number of alkyl halides is 7. The van der Waals surface area contributed by atoms with Gasteiger partial charge in [0.15, 0.2) is 0 Å². The highest BCUT2D eigenvalue weighted by molar-refractivity contribution is 6.11. The first-order valence-electron chi connectivity index (χ1n) is 9.51. The SMILES string of the molecule is O=C1N(c2ccc(C(F)(F)F)cc2)c2cc(C(F)(F)F)ccc2C1(F)OCc1ccccc1. The van der Waals surface area contributed by atoms with Crippen molar-refractivity contribution in [2.75, 3.05) is 4.90 Å². The number of fused-ring (bicyclic) bond motifs is 1. The van der Waals surface area contributed by atoms with E-state index in [0.29, 0.717) is 34.7 Å². The molecule has 0 aliphatic carbocycles. The van der Waals surface area contributed by atoms with E-state index in [0.717, 1.165) is 18.2 Å². The molecule has 172 valence electrons. The van der Waals surface area contributed by atoms with Crippen LogP contribution in [0.1, 0.15) is 22.3 Å². The topological polar surface area (TPSA) is 29.5 Å². The normalized spacial score (nSPS) is 18.5. The summed E-state index contributed by atoms with van der Waals surface area (Å²) in [4.78, 5) is 13.7. The molecular weight excluding hydrogens is 455 g/mol. The molecule has 1 unspecified atom stereocenters. The van der Waals surface area contributed by atoms with E-state index >= 15 is 4.39 Å². The van der Waals surface area contributed by atoms with E-state index in [4.69, 9.17) is 4.74 Å². The Morgan fingerprint density at radius 2 is 1.36 bits per heavy atom. The molecule has 0 saturated heterocycles. The fourth-order valence-corrected chi connectivity index (χ4v) is 3.49. The van der Waals surface area contributed by atoms with Crippen LogP contribution in [0.2, 0.25) is 0 Å². The zero-order valence-electron chi connectivity index (χ0n) is 16.5. The van der Waals surface area contributed by atoms with Gasteiger partial charge in [0.1, 0.15) is 0 Å². The summed E-state index contributed by atoms with van der Waals surface area (Å²) >= 11 is 0. The number of carbonyl (C=O) groups excluding carboxylic acids is 1. The molecule has 0 radical (unpaired) electrons. The molecule has 0 N–H and O–H groups in total. The van der Waals surface area contributed by atoms with Gasteiger partial charge in [0, 0.05) is 5.69 Å². The number of ether oxygens (including phenoxy) is 1. The monoisotopic (exact) mass is 469 g/mol. The minimum atomic E-state index is -4.80. The smallest absolute Gasteiger partial charge is 0.330 e. The zero-order chi connectivity index (χ0) is 24.0. The third kappa shape index (κ3) is 4.18. The number of carbonyl (C=O) groups is 1. The van der Waals surface area contributed by atoms with Crippen molar-refractivity contribution in [3.05, 3.63) is 95.1 Å². The molecule has 3 aromatic rings. The average Bonchev–Trinajstić information content (AvgIpc) is 2.99. The second-order valence-corrected chi connectivity index (χ2v) is 7.28. The summed E-state index contributed by atoms with van der Waals surface area (Å²) in [7, 11) is 0. The van der Waals surface area contributed by atoms with Gasteiger partial charge in [-0.3, -0.25) is 9.69 Å². The largest absolute Gasteiger partial charge is 0.416 e. The molecule has 0 aromatic heterocycles. The quantitative estimate of drug-likeness (QED) is 0.396. The molecule has 3 nitrogen and oxygen atoms in total. The highest BCUT2D eigenvalue weighted by Crippen LogP contribution is 2.49. The van der Waals surface area contributed by atoms with Crippen LogP contribution < -0.4 is 4.90 Å². The summed E-state index contributed by atoms with van der Waals surface area (Å²) in [6, 6.07) is 13.3. The van der Waals surface area contributed by atoms with Crippen LogP contribution in [0.25, 0.3) is 0 Å². The lowest BCUT2D eigenvalue weighted by Crippen LogP contribution is -2.37. The van der Waals surface area contributed by atoms with Crippen LogP contribution in [-0.4, -0.2) is 5.91 Å². The van der Waals surface area contributed by atoms with Gasteiger partial charge in [-0.25, -0.2) is 0 Å². The number of rotatable bonds is 4. The van der Waals surface area contributed by atoms with Gasteiger partial charge in [-0.05, 0) is 42.0 Å². The number of hydrogen-bond acceptors (Lipinski definition) is 2. The lowest BCUT2D eigenvalue weighted by Gasteiger charge is -2.22. The van der Waals surface area contributed by atoms with Crippen molar-refractivity contribution < 1.29 is 40.3 Å². The highest BCUT2D eigenvalue weighted by Gasteiger charge is 2.54. The zero-order valence-corrected chi connectivity index (χ0v) is 16.5. The Hall–Kier alpha value is -3.40. The molecule has 4 rings (SSSR count). The van der Waals surface area contributed by atoms with Gasteiger partial charge < -0.3 is 4.74 Å². The van der Waals surface area contributed by atoms with Crippen molar-refractivity contribution in [3.63, 3.8) is 0 Å². The Bertz CT molecular complexity index is 1170. The Morgan fingerprint density at radius 1 is 0.788 bits per heavy atom. The van der Waals surface area contributed by atoms with E-state index in [1.165, 1.54) is 0 Å². The molecule has 1 amide bonds. The molecule has 0 bridgehead atoms. The van der Waals surface area contributed by atoms with E-state index in [1.807, 2.05) is 0 Å². The third-order valence-electron chi connectivity index (χ3n) is 5.12. The van der Waals surface area contributed by atoms with Crippen LogP contribution in [0.15, 0.2) is 72.8 Å². The lowest BCUT2D eigenvalue weighted by atomic mass is 10.1. The molecule has 0 spiro atoms. The Morgan fingerprint density at radius 3 is 1.94 bits per heavy atom. The van der Waals surface area contributed by atoms with E-state index in [-0.39, 0.29) is 12.3 Å². The highest BCUT2D eigenvalue weighted by atomic mass is 19.4. The summed E-state index contributed by atoms with van der Waals surface area (Å²) in [5.41, 5.74) is -2.87.